The van der Waals surface area contributed by atoms with Crippen molar-refractivity contribution in [2.24, 2.45) is 0 Å². The topological polar surface area (TPSA) is 55.4 Å². The minimum absolute atomic E-state index is 0.315. The van der Waals surface area contributed by atoms with Crippen LogP contribution < -0.4 is 9.46 Å². The molecule has 1 heterocycles. The van der Waals surface area contributed by atoms with E-state index in [1.54, 1.807) is 19.2 Å². The van der Waals surface area contributed by atoms with Crippen molar-refractivity contribution in [3.05, 3.63) is 95.6 Å². The molecule has 5 heteroatoms. The van der Waals surface area contributed by atoms with Crippen LogP contribution in [0.25, 0.3) is 0 Å². The number of benzene rings is 3. The molecule has 126 valence electrons. The smallest absolute Gasteiger partial charge is 0.242 e. The van der Waals surface area contributed by atoms with Crippen LogP contribution in [0.5, 0.6) is 5.75 Å². The summed E-state index contributed by atoms with van der Waals surface area (Å²) in [5.74, 6) is 0.723. The molecule has 0 saturated heterocycles. The highest BCUT2D eigenvalue weighted by atomic mass is 32.2. The van der Waals surface area contributed by atoms with Gasteiger partial charge in [-0.1, -0.05) is 60.7 Å². The first-order chi connectivity index (χ1) is 12.1. The summed E-state index contributed by atoms with van der Waals surface area (Å²) in [4.78, 5) is 0.315. The molecule has 1 aliphatic rings. The van der Waals surface area contributed by atoms with E-state index >= 15 is 0 Å². The molecule has 4 rings (SSSR count). The van der Waals surface area contributed by atoms with Crippen LogP contribution in [-0.2, 0) is 15.6 Å². The molecule has 0 aromatic heterocycles. The maximum Gasteiger partial charge on any atom is 0.242 e. The van der Waals surface area contributed by atoms with Gasteiger partial charge in [0.1, 0.15) is 11.3 Å². The summed E-state index contributed by atoms with van der Waals surface area (Å²) < 4.78 is 33.8. The molecule has 3 aromatic carbocycles. The molecule has 0 fully saturated rings. The lowest BCUT2D eigenvalue weighted by Crippen LogP contribution is -2.41. The summed E-state index contributed by atoms with van der Waals surface area (Å²) in [5, 5.41) is 0. The van der Waals surface area contributed by atoms with Crippen LogP contribution in [0.4, 0.5) is 0 Å². The number of hydrogen-bond donors (Lipinski definition) is 1. The summed E-state index contributed by atoms with van der Waals surface area (Å²) in [6, 6.07) is 24.2. The fraction of sp³-hybridized carbons (Fsp3) is 0.100. The normalized spacial score (nSPS) is 20.8. The number of methoxy groups -OCH3 is 1. The average Bonchev–Trinajstić information content (AvgIpc) is 2.91. The first-order valence-corrected chi connectivity index (χ1v) is 9.40. The Morgan fingerprint density at radius 3 is 2.08 bits per heavy atom. The fourth-order valence-corrected chi connectivity index (χ4v) is 5.07. The van der Waals surface area contributed by atoms with Crippen LogP contribution >= 0.6 is 0 Å². The molecule has 0 amide bonds. The van der Waals surface area contributed by atoms with E-state index in [0.717, 1.165) is 22.4 Å². The second kappa shape index (κ2) is 5.72. The van der Waals surface area contributed by atoms with E-state index in [-0.39, 0.29) is 0 Å². The highest BCUT2D eigenvalue weighted by Crippen LogP contribution is 2.45. The van der Waals surface area contributed by atoms with Gasteiger partial charge in [0, 0.05) is 5.56 Å². The predicted octanol–water partition coefficient (Wildman–Crippen LogP) is 3.28. The van der Waals surface area contributed by atoms with Crippen LogP contribution in [0.3, 0.4) is 0 Å². The number of hydrogen-bond acceptors (Lipinski definition) is 3. The Morgan fingerprint density at radius 1 is 0.800 bits per heavy atom. The Hall–Kier alpha value is -2.63. The van der Waals surface area contributed by atoms with E-state index in [9.17, 15) is 8.42 Å². The molecule has 3 aromatic rings. The lowest BCUT2D eigenvalue weighted by Gasteiger charge is -2.31. The van der Waals surface area contributed by atoms with Gasteiger partial charge in [0.15, 0.2) is 0 Å². The molecular weight excluding hydrogens is 334 g/mol. The molecule has 1 aliphatic heterocycles. The second-order valence-electron chi connectivity index (χ2n) is 5.95. The van der Waals surface area contributed by atoms with Gasteiger partial charge < -0.3 is 4.74 Å². The maximum absolute atomic E-state index is 12.8. The lowest BCUT2D eigenvalue weighted by molar-refractivity contribution is 0.414. The monoisotopic (exact) mass is 351 g/mol. The van der Waals surface area contributed by atoms with Crippen molar-refractivity contribution < 1.29 is 13.2 Å². The van der Waals surface area contributed by atoms with Gasteiger partial charge in [-0.15, -0.1) is 0 Å². The molecule has 0 saturated carbocycles. The molecular formula is C20H17NO3S. The maximum atomic E-state index is 12.8. The van der Waals surface area contributed by atoms with E-state index in [1.807, 2.05) is 66.7 Å². The van der Waals surface area contributed by atoms with Crippen molar-refractivity contribution in [3.63, 3.8) is 0 Å². The zero-order valence-electron chi connectivity index (χ0n) is 13.6. The Balaban J connectivity index is 2.05. The minimum atomic E-state index is -3.61. The molecule has 1 atom stereocenters. The summed E-state index contributed by atoms with van der Waals surface area (Å²) in [7, 11) is -2.00. The molecule has 0 unspecified atom stereocenters. The largest absolute Gasteiger partial charge is 0.497 e. The van der Waals surface area contributed by atoms with Crippen LogP contribution in [-0.4, -0.2) is 15.5 Å². The molecule has 0 radical (unpaired) electrons. The summed E-state index contributed by atoms with van der Waals surface area (Å²) in [6.45, 7) is 0. The van der Waals surface area contributed by atoms with E-state index < -0.39 is 15.6 Å². The molecule has 25 heavy (non-hydrogen) atoms. The van der Waals surface area contributed by atoms with Crippen LogP contribution in [0.2, 0.25) is 0 Å². The average molecular weight is 351 g/mol. The SMILES string of the molecule is COc1ccc([C@]2(c3ccccc3)NS(=O)(=O)c3ccccc32)cc1. The molecule has 1 N–H and O–H groups in total. The third-order valence-corrected chi connectivity index (χ3v) is 6.11. The Morgan fingerprint density at radius 2 is 1.40 bits per heavy atom. The standard InChI is InChI=1S/C20H17NO3S/c1-24-17-13-11-16(12-14-17)20(15-7-3-2-4-8-15)18-9-5-6-10-19(18)25(22,23)21-20/h2-14,21H,1H3/t20-/m0/s1. The summed E-state index contributed by atoms with van der Waals surface area (Å²) >= 11 is 0. The van der Waals surface area contributed by atoms with E-state index in [0.29, 0.717) is 4.90 Å². The van der Waals surface area contributed by atoms with Gasteiger partial charge in [-0.05, 0) is 29.3 Å². The van der Waals surface area contributed by atoms with Gasteiger partial charge in [0.05, 0.1) is 12.0 Å². The number of fused-ring (bicyclic) bond motifs is 1. The number of rotatable bonds is 3. The van der Waals surface area contributed by atoms with Crippen molar-refractivity contribution in [2.45, 2.75) is 10.4 Å². The van der Waals surface area contributed by atoms with E-state index in [1.165, 1.54) is 0 Å². The zero-order valence-corrected chi connectivity index (χ0v) is 14.5. The lowest BCUT2D eigenvalue weighted by atomic mass is 9.78. The third-order valence-electron chi connectivity index (χ3n) is 4.60. The van der Waals surface area contributed by atoms with E-state index in [4.69, 9.17) is 4.74 Å². The van der Waals surface area contributed by atoms with Crippen molar-refractivity contribution in [2.75, 3.05) is 7.11 Å². The molecule has 0 bridgehead atoms. The first kappa shape index (κ1) is 15.9. The van der Waals surface area contributed by atoms with Crippen molar-refractivity contribution in [3.8, 4) is 5.75 Å². The molecule has 4 nitrogen and oxygen atoms in total. The molecule has 0 spiro atoms. The predicted molar refractivity (Wildman–Crippen MR) is 96.1 cm³/mol. The van der Waals surface area contributed by atoms with Gasteiger partial charge in [-0.25, -0.2) is 8.42 Å². The fourth-order valence-electron chi connectivity index (χ4n) is 3.45. The zero-order chi connectivity index (χ0) is 17.5. The van der Waals surface area contributed by atoms with Crippen molar-refractivity contribution in [1.82, 2.24) is 4.72 Å². The van der Waals surface area contributed by atoms with Crippen LogP contribution in [0.15, 0.2) is 83.8 Å². The van der Waals surface area contributed by atoms with Gasteiger partial charge in [-0.3, -0.25) is 0 Å². The van der Waals surface area contributed by atoms with Gasteiger partial charge in [-0.2, -0.15) is 4.72 Å². The van der Waals surface area contributed by atoms with Gasteiger partial charge in [0.2, 0.25) is 10.0 Å². The summed E-state index contributed by atoms with van der Waals surface area (Å²) in [5.41, 5.74) is 1.48. The Bertz CT molecular complexity index is 1010. The van der Waals surface area contributed by atoms with Gasteiger partial charge in [0.25, 0.3) is 0 Å². The third kappa shape index (κ3) is 2.35. The quantitative estimate of drug-likeness (QED) is 0.788. The Kier molecular flexibility index (Phi) is 3.63. The minimum Gasteiger partial charge on any atom is -0.497 e. The molecule has 0 aliphatic carbocycles. The van der Waals surface area contributed by atoms with Gasteiger partial charge >= 0.3 is 0 Å². The number of sulfonamides is 1. The van der Waals surface area contributed by atoms with Crippen molar-refractivity contribution in [1.29, 1.82) is 0 Å². The van der Waals surface area contributed by atoms with Crippen LogP contribution in [0.1, 0.15) is 16.7 Å². The summed E-state index contributed by atoms with van der Waals surface area (Å²) in [6.07, 6.45) is 0. The second-order valence-corrected chi connectivity index (χ2v) is 7.60. The van der Waals surface area contributed by atoms with Crippen LogP contribution in [0, 0.1) is 0 Å². The first-order valence-electron chi connectivity index (χ1n) is 7.91. The van der Waals surface area contributed by atoms with Crippen molar-refractivity contribution >= 4 is 10.0 Å². The number of nitrogens with one attached hydrogen (secondary N) is 1. The number of ether oxygens (including phenoxy) is 1. The van der Waals surface area contributed by atoms with E-state index in [2.05, 4.69) is 4.72 Å². The highest BCUT2D eigenvalue weighted by molar-refractivity contribution is 7.90. The highest BCUT2D eigenvalue weighted by Gasteiger charge is 2.48. The Labute approximate surface area is 147 Å².